The van der Waals surface area contributed by atoms with Gasteiger partial charge in [0.25, 0.3) is 0 Å². The van der Waals surface area contributed by atoms with Gasteiger partial charge in [0.15, 0.2) is 0 Å². The Balaban J connectivity index is 1.72. The molecule has 0 saturated carbocycles. The van der Waals surface area contributed by atoms with Crippen molar-refractivity contribution in [2.45, 2.75) is 19.4 Å². The van der Waals surface area contributed by atoms with Gasteiger partial charge in [0.2, 0.25) is 0 Å². The van der Waals surface area contributed by atoms with Gasteiger partial charge in [-0.05, 0) is 48.9 Å². The zero-order chi connectivity index (χ0) is 14.4. The summed E-state index contributed by atoms with van der Waals surface area (Å²) >= 11 is 1.78. The average molecular weight is 293 g/mol. The predicted octanol–water partition coefficient (Wildman–Crippen LogP) is 2.77. The number of aliphatic hydroxyl groups is 1. The van der Waals surface area contributed by atoms with Gasteiger partial charge in [-0.3, -0.25) is 4.90 Å². The Morgan fingerprint density at radius 2 is 2.20 bits per heavy atom. The van der Waals surface area contributed by atoms with Crippen molar-refractivity contribution >= 4 is 21.4 Å². The van der Waals surface area contributed by atoms with E-state index in [2.05, 4.69) is 41.5 Å². The van der Waals surface area contributed by atoms with Crippen LogP contribution in [0.15, 0.2) is 29.6 Å². The van der Waals surface area contributed by atoms with Gasteiger partial charge in [-0.2, -0.15) is 0 Å². The summed E-state index contributed by atoms with van der Waals surface area (Å²) in [6.07, 6.45) is 0.947. The first-order valence-corrected chi connectivity index (χ1v) is 7.93. The highest BCUT2D eigenvalue weighted by molar-refractivity contribution is 7.17. The Kier molecular flexibility index (Phi) is 5.98. The van der Waals surface area contributed by atoms with Gasteiger partial charge < -0.3 is 9.84 Å². The summed E-state index contributed by atoms with van der Waals surface area (Å²) in [6.45, 7) is 4.46. The van der Waals surface area contributed by atoms with E-state index in [0.717, 1.165) is 13.0 Å². The number of benzene rings is 1. The second kappa shape index (κ2) is 7.74. The van der Waals surface area contributed by atoms with Crippen LogP contribution in [-0.2, 0) is 11.2 Å². The standard InChI is InChI=1S/C16H23NO2S/c1-13(17(2)7-8-18)12-19-9-5-14-3-4-16-15(11-14)6-10-20-16/h3-4,6,10-11,13,18H,5,7-9,12H2,1-2H3. The lowest BCUT2D eigenvalue weighted by Crippen LogP contribution is -2.35. The van der Waals surface area contributed by atoms with E-state index in [4.69, 9.17) is 9.84 Å². The van der Waals surface area contributed by atoms with Crippen molar-refractivity contribution in [3.05, 3.63) is 35.2 Å². The van der Waals surface area contributed by atoms with Crippen molar-refractivity contribution in [1.82, 2.24) is 4.90 Å². The van der Waals surface area contributed by atoms with E-state index in [0.29, 0.717) is 19.2 Å². The molecule has 0 aliphatic rings. The molecule has 0 radical (unpaired) electrons. The zero-order valence-corrected chi connectivity index (χ0v) is 13.0. The summed E-state index contributed by atoms with van der Waals surface area (Å²) in [5, 5.41) is 12.3. The van der Waals surface area contributed by atoms with Crippen LogP contribution in [0.2, 0.25) is 0 Å². The molecule has 0 aliphatic carbocycles. The monoisotopic (exact) mass is 293 g/mol. The van der Waals surface area contributed by atoms with Crippen molar-refractivity contribution in [2.75, 3.05) is 33.4 Å². The minimum Gasteiger partial charge on any atom is -0.395 e. The number of hydrogen-bond acceptors (Lipinski definition) is 4. The molecule has 1 heterocycles. The lowest BCUT2D eigenvalue weighted by molar-refractivity contribution is 0.0716. The lowest BCUT2D eigenvalue weighted by atomic mass is 10.1. The highest BCUT2D eigenvalue weighted by atomic mass is 32.1. The molecule has 1 aromatic carbocycles. The second-order valence-electron chi connectivity index (χ2n) is 5.17. The van der Waals surface area contributed by atoms with E-state index in [9.17, 15) is 0 Å². The number of ether oxygens (including phenoxy) is 1. The van der Waals surface area contributed by atoms with Crippen LogP contribution in [0.25, 0.3) is 10.1 Å². The number of aliphatic hydroxyl groups excluding tert-OH is 1. The maximum Gasteiger partial charge on any atom is 0.0619 e. The summed E-state index contributed by atoms with van der Waals surface area (Å²) < 4.78 is 7.08. The quantitative estimate of drug-likeness (QED) is 0.760. The number of rotatable bonds is 8. The molecule has 0 amide bonds. The number of nitrogens with zero attached hydrogens (tertiary/aromatic N) is 1. The van der Waals surface area contributed by atoms with Crippen molar-refractivity contribution in [3.8, 4) is 0 Å². The average Bonchev–Trinajstić information content (AvgIpc) is 2.91. The third-order valence-corrected chi connectivity index (χ3v) is 4.51. The van der Waals surface area contributed by atoms with Crippen molar-refractivity contribution in [3.63, 3.8) is 0 Å². The van der Waals surface area contributed by atoms with Crippen LogP contribution in [0.5, 0.6) is 0 Å². The van der Waals surface area contributed by atoms with Crippen molar-refractivity contribution < 1.29 is 9.84 Å². The smallest absolute Gasteiger partial charge is 0.0619 e. The van der Waals surface area contributed by atoms with E-state index < -0.39 is 0 Å². The van der Waals surface area contributed by atoms with Crippen LogP contribution in [0, 0.1) is 0 Å². The maximum absolute atomic E-state index is 8.89. The van der Waals surface area contributed by atoms with Crippen molar-refractivity contribution in [1.29, 1.82) is 0 Å². The Labute approximate surface area is 124 Å². The zero-order valence-electron chi connectivity index (χ0n) is 12.2. The fraction of sp³-hybridized carbons (Fsp3) is 0.500. The topological polar surface area (TPSA) is 32.7 Å². The molecule has 0 saturated heterocycles. The van der Waals surface area contributed by atoms with Crippen LogP contribution in [0.1, 0.15) is 12.5 Å². The maximum atomic E-state index is 8.89. The molecule has 0 aliphatic heterocycles. The first-order chi connectivity index (χ1) is 9.70. The van der Waals surface area contributed by atoms with E-state index >= 15 is 0 Å². The molecule has 0 fully saturated rings. The molecule has 1 atom stereocenters. The number of thiophene rings is 1. The molecular weight excluding hydrogens is 270 g/mol. The molecule has 1 unspecified atom stereocenters. The summed E-state index contributed by atoms with van der Waals surface area (Å²) in [7, 11) is 2.01. The lowest BCUT2D eigenvalue weighted by Gasteiger charge is -2.23. The fourth-order valence-corrected chi connectivity index (χ4v) is 2.89. The second-order valence-corrected chi connectivity index (χ2v) is 6.12. The van der Waals surface area contributed by atoms with E-state index in [-0.39, 0.29) is 6.61 Å². The molecule has 0 bridgehead atoms. The molecule has 2 aromatic rings. The molecule has 20 heavy (non-hydrogen) atoms. The Morgan fingerprint density at radius 1 is 1.35 bits per heavy atom. The van der Waals surface area contributed by atoms with Gasteiger partial charge in [0.1, 0.15) is 0 Å². The SMILES string of the molecule is CC(COCCc1ccc2sccc2c1)N(C)CCO. The first-order valence-electron chi connectivity index (χ1n) is 7.05. The van der Waals surface area contributed by atoms with Gasteiger partial charge >= 0.3 is 0 Å². The van der Waals surface area contributed by atoms with Gasteiger partial charge in [0, 0.05) is 17.3 Å². The highest BCUT2D eigenvalue weighted by Crippen LogP contribution is 2.21. The molecule has 1 N–H and O–H groups in total. The predicted molar refractivity (Wildman–Crippen MR) is 85.5 cm³/mol. The van der Waals surface area contributed by atoms with Gasteiger partial charge in [-0.1, -0.05) is 12.1 Å². The van der Waals surface area contributed by atoms with Gasteiger partial charge in [0.05, 0.1) is 19.8 Å². The van der Waals surface area contributed by atoms with Crippen LogP contribution in [0.4, 0.5) is 0 Å². The Bertz CT molecular complexity index is 526. The van der Waals surface area contributed by atoms with Gasteiger partial charge in [-0.15, -0.1) is 11.3 Å². The molecule has 3 nitrogen and oxygen atoms in total. The minimum absolute atomic E-state index is 0.196. The molecular formula is C16H23NO2S. The Morgan fingerprint density at radius 3 is 3.00 bits per heavy atom. The summed E-state index contributed by atoms with van der Waals surface area (Å²) in [6, 6.07) is 9.12. The molecule has 0 spiro atoms. The van der Waals surface area contributed by atoms with E-state index in [1.54, 1.807) is 11.3 Å². The fourth-order valence-electron chi connectivity index (χ4n) is 2.12. The molecule has 1 aromatic heterocycles. The summed E-state index contributed by atoms with van der Waals surface area (Å²) in [4.78, 5) is 2.11. The molecule has 2 rings (SSSR count). The summed E-state index contributed by atoms with van der Waals surface area (Å²) in [5.41, 5.74) is 1.33. The van der Waals surface area contributed by atoms with Crippen molar-refractivity contribution in [2.24, 2.45) is 0 Å². The largest absolute Gasteiger partial charge is 0.395 e. The molecule has 4 heteroatoms. The normalized spacial score (nSPS) is 13.2. The van der Waals surface area contributed by atoms with Crippen LogP contribution < -0.4 is 0 Å². The van der Waals surface area contributed by atoms with Crippen LogP contribution >= 0.6 is 11.3 Å². The third-order valence-electron chi connectivity index (χ3n) is 3.62. The minimum atomic E-state index is 0.196. The third kappa shape index (κ3) is 4.28. The first kappa shape index (κ1) is 15.4. The highest BCUT2D eigenvalue weighted by Gasteiger charge is 2.08. The number of fused-ring (bicyclic) bond motifs is 1. The summed E-state index contributed by atoms with van der Waals surface area (Å²) in [5.74, 6) is 0. The number of hydrogen-bond donors (Lipinski definition) is 1. The van der Waals surface area contributed by atoms with E-state index in [1.807, 2.05) is 7.05 Å². The number of likely N-dealkylation sites (N-methyl/N-ethyl adjacent to an activating group) is 1. The Hall–Kier alpha value is -0.940. The van der Waals surface area contributed by atoms with Gasteiger partial charge in [-0.25, -0.2) is 0 Å². The van der Waals surface area contributed by atoms with E-state index in [1.165, 1.54) is 15.6 Å². The van der Waals surface area contributed by atoms with Crippen LogP contribution in [-0.4, -0.2) is 49.5 Å². The molecule has 110 valence electrons. The van der Waals surface area contributed by atoms with Crippen LogP contribution in [0.3, 0.4) is 0 Å².